The van der Waals surface area contributed by atoms with Gasteiger partial charge in [-0.3, -0.25) is 32.7 Å². The second-order valence-corrected chi connectivity index (χ2v) is 21.3. The minimum absolute atomic E-state index is 0. The molecule has 6 atom stereocenters. The lowest BCUT2D eigenvalue weighted by molar-refractivity contribution is -0.134. The van der Waals surface area contributed by atoms with Crippen LogP contribution in [-0.4, -0.2) is 56.8 Å². The van der Waals surface area contributed by atoms with Crippen LogP contribution in [0.25, 0.3) is 10.4 Å². The first-order valence-corrected chi connectivity index (χ1v) is 27.8. The van der Waals surface area contributed by atoms with Gasteiger partial charge in [-0.1, -0.05) is 127 Å². The van der Waals surface area contributed by atoms with E-state index in [0.29, 0.717) is 6.42 Å². The number of hydrogen-bond donors (Lipinski definition) is 5. The number of unbranched alkanes of at least 4 members (excludes halogenated alkanes) is 13. The van der Waals surface area contributed by atoms with Crippen LogP contribution in [0.5, 0.6) is 11.5 Å². The Morgan fingerprint density at radius 1 is 0.764 bits per heavy atom. The molecule has 0 amide bonds. The highest BCUT2D eigenvalue weighted by Crippen LogP contribution is 2.69. The number of phosphoric acid groups is 3. The first-order chi connectivity index (χ1) is 33.4. The molecule has 0 aliphatic carbocycles. The molecule has 72 heavy (non-hydrogen) atoms. The molecule has 2 aromatic carbocycles. The Bertz CT molecular complexity index is 2440. The Morgan fingerprint density at radius 2 is 1.28 bits per heavy atom. The lowest BCUT2D eigenvalue weighted by Crippen LogP contribution is -2.33. The summed E-state index contributed by atoms with van der Waals surface area (Å²) in [6.07, 6.45) is 14.6. The molecule has 0 bridgehead atoms. The monoisotopic (exact) mass is 1080 g/mol. The molecule has 0 spiro atoms. The number of azide groups is 1. The third-order valence-corrected chi connectivity index (χ3v) is 15.4. The summed E-state index contributed by atoms with van der Waals surface area (Å²) in [6, 6.07) is 10.1. The highest BCUT2D eigenvalue weighted by molar-refractivity contribution is 7.67. The zero-order chi connectivity index (χ0) is 51.0. The molecule has 1 fully saturated rings. The van der Waals surface area contributed by atoms with Crippen LogP contribution >= 0.6 is 23.5 Å². The van der Waals surface area contributed by atoms with Crippen LogP contribution in [0.2, 0.25) is 0 Å². The summed E-state index contributed by atoms with van der Waals surface area (Å²) < 4.78 is 87.3. The summed E-state index contributed by atoms with van der Waals surface area (Å²) in [5, 5.41) is 3.57. The van der Waals surface area contributed by atoms with Crippen LogP contribution in [0.4, 0.5) is 4.79 Å². The fraction of sp³-hybridized carbons (Fsp3) is 0.591. The van der Waals surface area contributed by atoms with Crippen molar-refractivity contribution in [3.05, 3.63) is 103 Å². The predicted molar refractivity (Wildman–Crippen MR) is 264 cm³/mol. The van der Waals surface area contributed by atoms with Gasteiger partial charge in [-0.15, -0.1) is 0 Å². The number of benzene rings is 2. The summed E-state index contributed by atoms with van der Waals surface area (Å²) in [6.45, 7) is 3.35. The van der Waals surface area contributed by atoms with E-state index in [1.54, 1.807) is 6.92 Å². The SMILES string of the molecule is CCCCCCCCCCCCCCCCOC(=O)Oc1ccc(COP(=O)(OCc2ccc(OC(=O)CC)cc2)OP(=O)(O)OP(=O)(O)OC[C@H]2O[C@@H](n3cc(C)c(=O)[nH]c3=O)CC2N=[N+]=[N-])cc1.N.N. The average Bonchev–Trinajstić information content (AvgIpc) is 3.72. The summed E-state index contributed by atoms with van der Waals surface area (Å²) in [4.78, 5) is 74.2. The van der Waals surface area contributed by atoms with Crippen LogP contribution in [-0.2, 0) is 63.4 Å². The van der Waals surface area contributed by atoms with E-state index in [0.717, 1.165) is 23.8 Å². The number of hydrogen-bond acceptors (Lipinski definition) is 19. The van der Waals surface area contributed by atoms with E-state index in [2.05, 4.69) is 26.2 Å². The maximum absolute atomic E-state index is 14.0. The molecular formula is C44H70N7O18P3. The van der Waals surface area contributed by atoms with Crippen molar-refractivity contribution in [3.63, 3.8) is 0 Å². The molecule has 0 radical (unpaired) electrons. The summed E-state index contributed by atoms with van der Waals surface area (Å²) in [7, 11) is -16.8. The number of carbonyl (C=O) groups excluding carboxylic acids is 2. The number of nitrogens with zero attached hydrogens (tertiary/aromatic N) is 4. The molecule has 1 saturated heterocycles. The Balaban J connectivity index is 0.00000888. The van der Waals surface area contributed by atoms with Gasteiger partial charge < -0.3 is 41.0 Å². The number of H-pyrrole nitrogens is 1. The maximum Gasteiger partial charge on any atom is 0.513 e. The summed E-state index contributed by atoms with van der Waals surface area (Å²) >= 11 is 0. The molecule has 28 heteroatoms. The number of aromatic amines is 1. The molecule has 25 nitrogen and oxygen atoms in total. The number of rotatable bonds is 33. The van der Waals surface area contributed by atoms with E-state index >= 15 is 0 Å². The first kappa shape index (κ1) is 63.6. The van der Waals surface area contributed by atoms with Gasteiger partial charge in [0.15, 0.2) is 0 Å². The lowest BCUT2D eigenvalue weighted by Gasteiger charge is -2.22. The largest absolute Gasteiger partial charge is 0.513 e. The van der Waals surface area contributed by atoms with E-state index in [1.807, 2.05) is 0 Å². The second-order valence-electron chi connectivity index (χ2n) is 16.4. The van der Waals surface area contributed by atoms with Gasteiger partial charge in [0, 0.05) is 29.5 Å². The summed E-state index contributed by atoms with van der Waals surface area (Å²) in [5.74, 6) is -0.203. The fourth-order valence-corrected chi connectivity index (χ4v) is 11.0. The van der Waals surface area contributed by atoms with Crippen molar-refractivity contribution >= 4 is 35.6 Å². The van der Waals surface area contributed by atoms with Crippen molar-refractivity contribution in [2.75, 3.05) is 13.2 Å². The Kier molecular flexibility index (Phi) is 28.8. The molecule has 404 valence electrons. The molecule has 1 aliphatic rings. The fourth-order valence-electron chi connectivity index (χ4n) is 6.97. The van der Waals surface area contributed by atoms with Gasteiger partial charge in [0.1, 0.15) is 17.7 Å². The first-order valence-electron chi connectivity index (χ1n) is 23.3. The lowest BCUT2D eigenvalue weighted by atomic mass is 10.0. The number of carbonyl (C=O) groups is 2. The minimum atomic E-state index is -5.91. The zero-order valence-corrected chi connectivity index (χ0v) is 43.7. The van der Waals surface area contributed by atoms with Gasteiger partial charge in [-0.25, -0.2) is 23.3 Å². The smallest absolute Gasteiger partial charge is 0.434 e. The quantitative estimate of drug-likeness (QED) is 0.00553. The van der Waals surface area contributed by atoms with Crippen molar-refractivity contribution in [3.8, 4) is 11.5 Å². The van der Waals surface area contributed by atoms with Crippen molar-refractivity contribution < 1.29 is 74.2 Å². The van der Waals surface area contributed by atoms with E-state index in [-0.39, 0.29) is 59.9 Å². The summed E-state index contributed by atoms with van der Waals surface area (Å²) in [5.41, 5.74) is 8.30. The van der Waals surface area contributed by atoms with E-state index in [4.69, 9.17) is 42.4 Å². The highest BCUT2D eigenvalue weighted by Gasteiger charge is 2.45. The molecule has 1 aromatic heterocycles. The van der Waals surface area contributed by atoms with Gasteiger partial charge >= 0.3 is 41.3 Å². The van der Waals surface area contributed by atoms with E-state index < -0.39 is 85.0 Å². The van der Waals surface area contributed by atoms with E-state index in [9.17, 15) is 42.7 Å². The van der Waals surface area contributed by atoms with Crippen molar-refractivity contribution in [2.24, 2.45) is 5.11 Å². The molecule has 9 N–H and O–H groups in total. The second kappa shape index (κ2) is 32.6. The van der Waals surface area contributed by atoms with Crippen LogP contribution in [0.15, 0.2) is 69.4 Å². The van der Waals surface area contributed by atoms with Crippen LogP contribution in [0, 0.1) is 6.92 Å². The molecule has 1 aliphatic heterocycles. The van der Waals surface area contributed by atoms with Gasteiger partial charge in [0.05, 0.1) is 38.6 Å². The Hall–Kier alpha value is -4.54. The van der Waals surface area contributed by atoms with Gasteiger partial charge in [0.25, 0.3) is 5.56 Å². The maximum atomic E-state index is 14.0. The third kappa shape index (κ3) is 23.6. The molecular weight excluding hydrogens is 1010 g/mol. The van der Waals surface area contributed by atoms with E-state index in [1.165, 1.54) is 126 Å². The number of aryl methyl sites for hydroxylation is 1. The molecule has 4 rings (SSSR count). The normalized spacial score (nSPS) is 17.7. The van der Waals surface area contributed by atoms with Crippen molar-refractivity contribution in [1.82, 2.24) is 21.9 Å². The number of nitrogens with one attached hydrogen (secondary N) is 1. The van der Waals surface area contributed by atoms with Gasteiger partial charge in [-0.05, 0) is 54.3 Å². The number of esters is 1. The van der Waals surface area contributed by atoms with Gasteiger partial charge in [0.2, 0.25) is 0 Å². The average molecular weight is 1080 g/mol. The third-order valence-electron chi connectivity index (χ3n) is 10.7. The number of phosphoric ester groups is 2. The molecule has 0 saturated carbocycles. The van der Waals surface area contributed by atoms with Crippen molar-refractivity contribution in [2.45, 2.75) is 155 Å². The van der Waals surface area contributed by atoms with Crippen LogP contribution in [0.1, 0.15) is 139 Å². The molecule has 3 aromatic rings. The van der Waals surface area contributed by atoms with Gasteiger partial charge in [-0.2, -0.15) is 8.62 Å². The number of aromatic nitrogens is 2. The topological polar surface area (TPSA) is 382 Å². The Labute approximate surface area is 418 Å². The van der Waals surface area contributed by atoms with Crippen molar-refractivity contribution in [1.29, 1.82) is 0 Å². The molecule has 2 heterocycles. The van der Waals surface area contributed by atoms with Crippen LogP contribution < -0.4 is 33.0 Å². The van der Waals surface area contributed by atoms with Crippen LogP contribution in [0.3, 0.4) is 0 Å². The number of ether oxygens (including phenoxy) is 4. The zero-order valence-electron chi connectivity index (χ0n) is 41.0. The molecule has 4 unspecified atom stereocenters. The Morgan fingerprint density at radius 3 is 1.79 bits per heavy atom. The highest BCUT2D eigenvalue weighted by atomic mass is 31.3. The standard InChI is InChI=1S/C44H64N5O18P3.2H3N/c1-4-6-7-8-9-10-11-12-13-14-15-16-17-18-27-59-44(53)64-37-25-21-35(22-26-37)31-62-70(58,61-30-34-19-23-36(24-20-34)63-41(50)5-2)67-69(56,57)66-68(54,55)60-32-39-38(47-48-45)28-40(65-39)49-29-33(3)42(51)46-43(49)52;;/h19-26,29,38-40H,4-18,27-28,30-32H2,1-3H3,(H,54,55)(H,56,57)(H,46,51,52);2*1H3/t38?,39-,40-,70?;;/m1../s1. The predicted octanol–water partition coefficient (Wildman–Crippen LogP) is 11.2. The minimum Gasteiger partial charge on any atom is -0.434 e.